The molecule has 0 radical (unpaired) electrons. The van der Waals surface area contributed by atoms with Gasteiger partial charge in [-0.2, -0.15) is 0 Å². The third-order valence-corrected chi connectivity index (χ3v) is 3.45. The number of nitrogen functional groups attached to an aromatic ring is 1. The molecule has 18 heavy (non-hydrogen) atoms. The highest BCUT2D eigenvalue weighted by Crippen LogP contribution is 2.19. The smallest absolute Gasteiger partial charge is 0.257 e. The summed E-state index contributed by atoms with van der Waals surface area (Å²) in [7, 11) is 2.05. The second kappa shape index (κ2) is 5.64. The molecule has 0 spiro atoms. The first-order valence-corrected chi connectivity index (χ1v) is 6.51. The number of halogens is 1. The van der Waals surface area contributed by atoms with Crippen LogP contribution in [-0.4, -0.2) is 53.9 Å². The number of likely N-dealkylation sites (N-methyl/N-ethyl adjacent to an activating group) is 1. The molecule has 2 heterocycles. The van der Waals surface area contributed by atoms with E-state index in [0.29, 0.717) is 11.4 Å². The molecule has 7 heteroatoms. The number of amides is 1. The number of pyridine rings is 1. The molecule has 6 nitrogen and oxygen atoms in total. The average Bonchev–Trinajstić information content (AvgIpc) is 2.39. The first-order valence-electron chi connectivity index (χ1n) is 5.72. The van der Waals surface area contributed by atoms with E-state index in [0.717, 1.165) is 30.7 Å². The fourth-order valence-corrected chi connectivity index (χ4v) is 2.23. The van der Waals surface area contributed by atoms with Crippen molar-refractivity contribution < 1.29 is 4.79 Å². The van der Waals surface area contributed by atoms with Crippen LogP contribution in [0.4, 0.5) is 5.82 Å². The molecular weight excluding hydrogens is 298 g/mol. The maximum atomic E-state index is 12.4. The summed E-state index contributed by atoms with van der Waals surface area (Å²) in [6, 6.07) is 1.74. The van der Waals surface area contributed by atoms with Crippen molar-refractivity contribution in [3.05, 3.63) is 22.3 Å². The van der Waals surface area contributed by atoms with Gasteiger partial charge in [0.25, 0.3) is 5.91 Å². The average molecular weight is 314 g/mol. The van der Waals surface area contributed by atoms with Crippen LogP contribution in [0.15, 0.2) is 16.7 Å². The highest BCUT2D eigenvalue weighted by Gasteiger charge is 2.23. The van der Waals surface area contributed by atoms with Crippen molar-refractivity contribution in [3.8, 4) is 0 Å². The third kappa shape index (κ3) is 2.80. The Kier molecular flexibility index (Phi) is 4.15. The van der Waals surface area contributed by atoms with Gasteiger partial charge in [-0.1, -0.05) is 0 Å². The molecule has 0 bridgehead atoms. The first-order chi connectivity index (χ1) is 8.61. The number of nitrogens with zero attached hydrogens (tertiary/aromatic N) is 3. The molecule has 98 valence electrons. The maximum absolute atomic E-state index is 12.4. The number of piperazine rings is 1. The molecule has 1 saturated heterocycles. The SMILES string of the molecule is CN1CCN(C(=O)c2cc(Br)cnc2NN)CC1. The van der Waals surface area contributed by atoms with Gasteiger partial charge in [0, 0.05) is 36.8 Å². The molecule has 3 N–H and O–H groups in total. The number of nitrogens with one attached hydrogen (secondary N) is 1. The second-order valence-corrected chi connectivity index (χ2v) is 5.21. The van der Waals surface area contributed by atoms with Crippen LogP contribution in [0.2, 0.25) is 0 Å². The van der Waals surface area contributed by atoms with Gasteiger partial charge in [0.2, 0.25) is 0 Å². The van der Waals surface area contributed by atoms with E-state index in [1.165, 1.54) is 0 Å². The van der Waals surface area contributed by atoms with Gasteiger partial charge in [0.05, 0.1) is 5.56 Å². The lowest BCUT2D eigenvalue weighted by atomic mass is 10.2. The van der Waals surface area contributed by atoms with E-state index in [9.17, 15) is 4.79 Å². The molecule has 0 aliphatic carbocycles. The Balaban J connectivity index is 2.20. The molecule has 0 aromatic carbocycles. The zero-order chi connectivity index (χ0) is 13.1. The Hall–Kier alpha value is -1.18. The van der Waals surface area contributed by atoms with Crippen LogP contribution in [0.5, 0.6) is 0 Å². The van der Waals surface area contributed by atoms with Crippen LogP contribution in [0.3, 0.4) is 0 Å². The van der Waals surface area contributed by atoms with Gasteiger partial charge in [-0.15, -0.1) is 0 Å². The molecule has 0 saturated carbocycles. The zero-order valence-corrected chi connectivity index (χ0v) is 11.8. The summed E-state index contributed by atoms with van der Waals surface area (Å²) in [5.74, 6) is 5.75. The van der Waals surface area contributed by atoms with Crippen LogP contribution in [0.25, 0.3) is 0 Å². The predicted molar refractivity (Wildman–Crippen MR) is 73.1 cm³/mol. The van der Waals surface area contributed by atoms with E-state index < -0.39 is 0 Å². The van der Waals surface area contributed by atoms with Gasteiger partial charge < -0.3 is 15.2 Å². The number of anilines is 1. The summed E-state index contributed by atoms with van der Waals surface area (Å²) >= 11 is 3.32. The molecule has 1 aliphatic heterocycles. The number of hydrogen-bond acceptors (Lipinski definition) is 5. The number of hydrazine groups is 1. The third-order valence-electron chi connectivity index (χ3n) is 3.01. The highest BCUT2D eigenvalue weighted by atomic mass is 79.9. The van der Waals surface area contributed by atoms with E-state index in [-0.39, 0.29) is 5.91 Å². The van der Waals surface area contributed by atoms with E-state index >= 15 is 0 Å². The van der Waals surface area contributed by atoms with Crippen LogP contribution >= 0.6 is 15.9 Å². The number of hydrogen-bond donors (Lipinski definition) is 2. The lowest BCUT2D eigenvalue weighted by Gasteiger charge is -2.32. The fraction of sp³-hybridized carbons (Fsp3) is 0.455. The van der Waals surface area contributed by atoms with Crippen LogP contribution in [0, 0.1) is 0 Å². The quantitative estimate of drug-likeness (QED) is 0.615. The fourth-order valence-electron chi connectivity index (χ4n) is 1.90. The van der Waals surface area contributed by atoms with Crippen molar-refractivity contribution in [1.29, 1.82) is 0 Å². The number of carbonyl (C=O) groups excluding carboxylic acids is 1. The van der Waals surface area contributed by atoms with Gasteiger partial charge in [0.15, 0.2) is 5.82 Å². The number of aromatic nitrogens is 1. The molecule has 1 aliphatic rings. The lowest BCUT2D eigenvalue weighted by Crippen LogP contribution is -2.47. The Bertz CT molecular complexity index is 445. The van der Waals surface area contributed by atoms with Gasteiger partial charge in [-0.05, 0) is 29.0 Å². The van der Waals surface area contributed by atoms with Crippen molar-refractivity contribution in [2.24, 2.45) is 5.84 Å². The molecule has 1 aromatic heterocycles. The van der Waals surface area contributed by atoms with Crippen molar-refractivity contribution in [2.75, 3.05) is 38.7 Å². The predicted octanol–water partition coefficient (Wildman–Crippen LogP) is 0.517. The molecule has 1 aromatic rings. The zero-order valence-electron chi connectivity index (χ0n) is 10.2. The van der Waals surface area contributed by atoms with E-state index in [1.807, 2.05) is 4.90 Å². The monoisotopic (exact) mass is 313 g/mol. The van der Waals surface area contributed by atoms with Crippen LogP contribution in [-0.2, 0) is 0 Å². The summed E-state index contributed by atoms with van der Waals surface area (Å²) in [4.78, 5) is 20.5. The molecule has 2 rings (SSSR count). The standard InChI is InChI=1S/C11H16BrN5O/c1-16-2-4-17(5-3-16)11(18)9-6-8(12)7-14-10(9)15-13/h6-7H,2-5,13H2,1H3,(H,14,15). The summed E-state index contributed by atoms with van der Waals surface area (Å²) < 4.78 is 0.763. The maximum Gasteiger partial charge on any atom is 0.257 e. The van der Waals surface area contributed by atoms with Crippen LogP contribution in [0.1, 0.15) is 10.4 Å². The Morgan fingerprint density at radius 2 is 2.11 bits per heavy atom. The van der Waals surface area contributed by atoms with Crippen molar-refractivity contribution in [1.82, 2.24) is 14.8 Å². The van der Waals surface area contributed by atoms with Gasteiger partial charge in [0.1, 0.15) is 0 Å². The largest absolute Gasteiger partial charge is 0.336 e. The topological polar surface area (TPSA) is 74.5 Å². The summed E-state index contributed by atoms with van der Waals surface area (Å²) in [6.45, 7) is 3.23. The highest BCUT2D eigenvalue weighted by molar-refractivity contribution is 9.10. The molecule has 1 amide bonds. The summed E-state index contributed by atoms with van der Waals surface area (Å²) in [6.07, 6.45) is 1.61. The minimum absolute atomic E-state index is 0.0372. The minimum atomic E-state index is -0.0372. The van der Waals surface area contributed by atoms with Gasteiger partial charge in [-0.3, -0.25) is 4.79 Å². The Labute approximate surface area is 114 Å². The molecule has 0 unspecified atom stereocenters. The lowest BCUT2D eigenvalue weighted by molar-refractivity contribution is 0.0664. The Morgan fingerprint density at radius 1 is 1.44 bits per heavy atom. The van der Waals surface area contributed by atoms with E-state index in [1.54, 1.807) is 12.3 Å². The number of nitrogens with two attached hydrogens (primary N) is 1. The van der Waals surface area contributed by atoms with Crippen LogP contribution < -0.4 is 11.3 Å². The molecule has 0 atom stereocenters. The van der Waals surface area contributed by atoms with Crippen molar-refractivity contribution in [2.45, 2.75) is 0 Å². The Morgan fingerprint density at radius 3 is 2.72 bits per heavy atom. The van der Waals surface area contributed by atoms with E-state index in [4.69, 9.17) is 5.84 Å². The van der Waals surface area contributed by atoms with Gasteiger partial charge in [-0.25, -0.2) is 10.8 Å². The number of carbonyl (C=O) groups is 1. The normalized spacial score (nSPS) is 16.7. The summed E-state index contributed by atoms with van der Waals surface area (Å²) in [5, 5.41) is 0. The van der Waals surface area contributed by atoms with E-state index in [2.05, 4.69) is 38.3 Å². The van der Waals surface area contributed by atoms with Crippen molar-refractivity contribution in [3.63, 3.8) is 0 Å². The minimum Gasteiger partial charge on any atom is -0.336 e. The van der Waals surface area contributed by atoms with Gasteiger partial charge >= 0.3 is 0 Å². The van der Waals surface area contributed by atoms with Crippen molar-refractivity contribution >= 4 is 27.7 Å². The summed E-state index contributed by atoms with van der Waals surface area (Å²) in [5.41, 5.74) is 2.96. The second-order valence-electron chi connectivity index (χ2n) is 4.29. The molecular formula is C11H16BrN5O. The number of rotatable bonds is 2. The molecule has 1 fully saturated rings. The first kappa shape index (κ1) is 13.3.